The third-order valence-electron chi connectivity index (χ3n) is 3.91. The number of aliphatic carboxylic acids is 1. The number of rotatable bonds is 8. The van der Waals surface area contributed by atoms with Gasteiger partial charge in [-0.3, -0.25) is 4.79 Å². The highest BCUT2D eigenvalue weighted by atomic mass is 19.4. The van der Waals surface area contributed by atoms with Crippen molar-refractivity contribution in [1.82, 2.24) is 0 Å². The fourth-order valence-electron chi connectivity index (χ4n) is 2.79. The molecule has 0 aliphatic heterocycles. The molecule has 0 unspecified atom stereocenters. The van der Waals surface area contributed by atoms with E-state index in [1.807, 2.05) is 12.1 Å². The van der Waals surface area contributed by atoms with Crippen molar-refractivity contribution >= 4 is 11.8 Å². The van der Waals surface area contributed by atoms with Crippen LogP contribution in [0, 0.1) is 13.8 Å². The zero-order valence-corrected chi connectivity index (χ0v) is 15.3. The van der Waals surface area contributed by atoms with E-state index in [1.54, 1.807) is 13.8 Å². The number of benzene rings is 2. The highest BCUT2D eigenvalue weighted by Crippen LogP contribution is 2.26. The second-order valence-corrected chi connectivity index (χ2v) is 6.24. The van der Waals surface area contributed by atoms with Crippen molar-refractivity contribution in [2.75, 3.05) is 6.61 Å². The lowest BCUT2D eigenvalue weighted by Crippen LogP contribution is -2.17. The van der Waals surface area contributed by atoms with Crippen molar-refractivity contribution in [2.45, 2.75) is 33.1 Å². The summed E-state index contributed by atoms with van der Waals surface area (Å²) in [6.07, 6.45) is -4.17. The van der Waals surface area contributed by atoms with Gasteiger partial charge in [-0.05, 0) is 61.2 Å². The minimum absolute atomic E-state index is 0.174. The minimum Gasteiger partial charge on any atom is -0.481 e. The van der Waals surface area contributed by atoms with Crippen LogP contribution in [-0.2, 0) is 11.2 Å². The maximum Gasteiger partial charge on any atom is 0.573 e. The molecule has 0 aromatic heterocycles. The van der Waals surface area contributed by atoms with Gasteiger partial charge in [0, 0.05) is 12.0 Å². The second-order valence-electron chi connectivity index (χ2n) is 6.24. The van der Waals surface area contributed by atoms with Crippen LogP contribution >= 0.6 is 0 Å². The Morgan fingerprint density at radius 3 is 2.11 bits per heavy atom. The Labute approximate surface area is 159 Å². The Morgan fingerprint density at radius 1 is 1.04 bits per heavy atom. The van der Waals surface area contributed by atoms with Crippen molar-refractivity contribution in [3.8, 4) is 11.5 Å². The molecule has 0 saturated carbocycles. The average Bonchev–Trinajstić information content (AvgIpc) is 2.58. The first-order chi connectivity index (χ1) is 13.0. The molecule has 0 amide bonds. The molecule has 150 valence electrons. The Morgan fingerprint density at radius 2 is 1.61 bits per heavy atom. The largest absolute Gasteiger partial charge is 0.573 e. The number of Topliss-reactive ketones (excluding diaryl/α,β-unsaturated/α-hetero) is 1. The molecule has 0 radical (unpaired) electrons. The summed E-state index contributed by atoms with van der Waals surface area (Å²) in [5.41, 5.74) is 2.70. The molecule has 0 atom stereocenters. The van der Waals surface area contributed by atoms with Gasteiger partial charge < -0.3 is 14.6 Å². The lowest BCUT2D eigenvalue weighted by molar-refractivity contribution is -0.274. The fourth-order valence-corrected chi connectivity index (χ4v) is 2.79. The third kappa shape index (κ3) is 6.29. The van der Waals surface area contributed by atoms with Crippen molar-refractivity contribution in [3.63, 3.8) is 0 Å². The predicted octanol–water partition coefficient (Wildman–Crippen LogP) is 4.48. The van der Waals surface area contributed by atoms with Crippen LogP contribution in [0.25, 0.3) is 0 Å². The molecule has 0 fully saturated rings. The van der Waals surface area contributed by atoms with Crippen molar-refractivity contribution < 1.29 is 37.3 Å². The van der Waals surface area contributed by atoms with Gasteiger partial charge in [0.25, 0.3) is 0 Å². The van der Waals surface area contributed by atoms with Gasteiger partial charge >= 0.3 is 12.3 Å². The molecule has 0 saturated heterocycles. The molecule has 2 rings (SSSR count). The Kier molecular flexibility index (Phi) is 6.66. The Bertz CT molecular complexity index is 834. The summed E-state index contributed by atoms with van der Waals surface area (Å²) in [6.45, 7) is 3.14. The number of hydrogen-bond donors (Lipinski definition) is 1. The van der Waals surface area contributed by atoms with Gasteiger partial charge in [-0.25, -0.2) is 4.79 Å². The number of carbonyl (C=O) groups is 2. The van der Waals surface area contributed by atoms with Crippen molar-refractivity contribution in [1.29, 1.82) is 0 Å². The first-order valence-electron chi connectivity index (χ1n) is 8.39. The zero-order valence-electron chi connectivity index (χ0n) is 15.3. The molecule has 0 heterocycles. The van der Waals surface area contributed by atoms with E-state index < -0.39 is 18.9 Å². The molecular formula is C20H19F3O5. The van der Waals surface area contributed by atoms with Crippen LogP contribution in [0.5, 0.6) is 11.5 Å². The molecular weight excluding hydrogens is 377 g/mol. The van der Waals surface area contributed by atoms with Gasteiger partial charge in [0.2, 0.25) is 0 Å². The Balaban J connectivity index is 1.99. The average molecular weight is 396 g/mol. The van der Waals surface area contributed by atoms with Crippen molar-refractivity contribution in [2.24, 2.45) is 0 Å². The highest BCUT2D eigenvalue weighted by molar-refractivity contribution is 5.96. The maximum atomic E-state index is 12.3. The number of carboxylic acid groups (broad SMARTS) is 1. The summed E-state index contributed by atoms with van der Waals surface area (Å²) in [4.78, 5) is 22.9. The smallest absolute Gasteiger partial charge is 0.481 e. The number of alkyl halides is 3. The number of aryl methyl sites for hydroxylation is 3. The van der Waals surface area contributed by atoms with Crippen LogP contribution in [0.15, 0.2) is 36.4 Å². The number of ketones is 1. The van der Waals surface area contributed by atoms with Gasteiger partial charge in [-0.15, -0.1) is 13.2 Å². The van der Waals surface area contributed by atoms with Crippen LogP contribution in [0.3, 0.4) is 0 Å². The highest BCUT2D eigenvalue weighted by Gasteiger charge is 2.31. The third-order valence-corrected chi connectivity index (χ3v) is 3.91. The Hall–Kier alpha value is -3.03. The van der Waals surface area contributed by atoms with Gasteiger partial charge in [0.05, 0.1) is 0 Å². The molecule has 2 aromatic rings. The quantitative estimate of drug-likeness (QED) is 0.666. The summed E-state index contributed by atoms with van der Waals surface area (Å²) in [7, 11) is 0. The number of halogens is 3. The predicted molar refractivity (Wildman–Crippen MR) is 94.8 cm³/mol. The van der Waals surface area contributed by atoms with E-state index >= 15 is 0 Å². The second kappa shape index (κ2) is 8.77. The molecule has 28 heavy (non-hydrogen) atoms. The van der Waals surface area contributed by atoms with Gasteiger partial charge in [-0.2, -0.15) is 0 Å². The molecule has 8 heteroatoms. The van der Waals surface area contributed by atoms with Crippen LogP contribution in [-0.4, -0.2) is 29.8 Å². The van der Waals surface area contributed by atoms with E-state index in [2.05, 4.69) is 4.74 Å². The van der Waals surface area contributed by atoms with E-state index in [0.29, 0.717) is 17.7 Å². The molecule has 0 aliphatic carbocycles. The summed E-state index contributed by atoms with van der Waals surface area (Å²) in [5.74, 6) is -1.16. The van der Waals surface area contributed by atoms with E-state index in [0.717, 1.165) is 28.8 Å². The topological polar surface area (TPSA) is 72.8 Å². The number of carbonyl (C=O) groups excluding carboxylic acids is 1. The molecule has 1 N–H and O–H groups in total. The molecule has 5 nitrogen and oxygen atoms in total. The van der Waals surface area contributed by atoms with Gasteiger partial charge in [-0.1, -0.05) is 12.1 Å². The lowest BCUT2D eigenvalue weighted by Gasteiger charge is -2.13. The molecule has 2 aromatic carbocycles. The van der Waals surface area contributed by atoms with Crippen LogP contribution in [0.4, 0.5) is 13.2 Å². The monoisotopic (exact) mass is 396 g/mol. The normalized spacial score (nSPS) is 11.2. The fraction of sp³-hybridized carbons (Fsp3) is 0.300. The van der Waals surface area contributed by atoms with E-state index in [1.165, 1.54) is 12.1 Å². The van der Waals surface area contributed by atoms with Gasteiger partial charge in [0.15, 0.2) is 12.4 Å². The minimum atomic E-state index is -4.78. The van der Waals surface area contributed by atoms with Crippen LogP contribution < -0.4 is 9.47 Å². The SMILES string of the molecule is Cc1cc(CCC(=O)c2ccc(OC(F)(F)F)cc2)cc(C)c1OCC(=O)O. The van der Waals surface area contributed by atoms with E-state index in [4.69, 9.17) is 9.84 Å². The first kappa shape index (κ1) is 21.3. The summed E-state index contributed by atoms with van der Waals surface area (Å²) in [6, 6.07) is 8.42. The van der Waals surface area contributed by atoms with E-state index in [9.17, 15) is 22.8 Å². The molecule has 0 bridgehead atoms. The summed E-state index contributed by atoms with van der Waals surface area (Å²) < 4.78 is 45.5. The number of hydrogen-bond acceptors (Lipinski definition) is 4. The maximum absolute atomic E-state index is 12.3. The lowest BCUT2D eigenvalue weighted by atomic mass is 9.99. The number of ether oxygens (including phenoxy) is 2. The summed E-state index contributed by atoms with van der Waals surface area (Å²) in [5, 5.41) is 8.71. The van der Waals surface area contributed by atoms with Crippen LogP contribution in [0.1, 0.15) is 33.5 Å². The zero-order chi connectivity index (χ0) is 20.9. The molecule has 0 aliphatic rings. The standard InChI is InChI=1S/C20H19F3O5/c1-12-9-14(10-13(2)19(12)27-11-18(25)26)3-8-17(24)15-4-6-16(7-5-15)28-20(21,22)23/h4-7,9-10H,3,8,11H2,1-2H3,(H,25,26). The van der Waals surface area contributed by atoms with Gasteiger partial charge in [0.1, 0.15) is 11.5 Å². The summed E-state index contributed by atoms with van der Waals surface area (Å²) >= 11 is 0. The van der Waals surface area contributed by atoms with Crippen LogP contribution in [0.2, 0.25) is 0 Å². The first-order valence-corrected chi connectivity index (χ1v) is 8.39. The van der Waals surface area contributed by atoms with Crippen molar-refractivity contribution in [3.05, 3.63) is 58.7 Å². The number of carboxylic acids is 1. The van der Waals surface area contributed by atoms with E-state index in [-0.39, 0.29) is 18.0 Å². The molecule has 0 spiro atoms.